The highest BCUT2D eigenvalue weighted by Crippen LogP contribution is 2.32. The van der Waals surface area contributed by atoms with Crippen LogP contribution in [-0.4, -0.2) is 35.4 Å². The van der Waals surface area contributed by atoms with E-state index >= 15 is 0 Å². The summed E-state index contributed by atoms with van der Waals surface area (Å²) in [6.45, 7) is 1.52. The summed E-state index contributed by atoms with van der Waals surface area (Å²) in [7, 11) is 0. The third kappa shape index (κ3) is 3.71. The standard InChI is InChI=1S/C22H21N7O/c30-21(19-10-4-5-11-23-19)26-22-25-20-18(9-6-12-29(20)27-22)17-13-24-28(15-17)14-16-7-2-1-3-8-16/h1-5,7-8,10-11,13,15,18H,6,9,12,14H2,(H,26,27,30). The highest BCUT2D eigenvalue weighted by Gasteiger charge is 2.27. The number of pyridine rings is 1. The van der Waals surface area contributed by atoms with Gasteiger partial charge in [0.1, 0.15) is 11.5 Å². The number of rotatable bonds is 5. The molecular formula is C22H21N7O. The molecule has 1 unspecified atom stereocenters. The number of fused-ring (bicyclic) bond motifs is 1. The van der Waals surface area contributed by atoms with E-state index in [0.717, 1.165) is 37.3 Å². The van der Waals surface area contributed by atoms with Gasteiger partial charge >= 0.3 is 0 Å². The van der Waals surface area contributed by atoms with Gasteiger partial charge in [-0.1, -0.05) is 36.4 Å². The van der Waals surface area contributed by atoms with Gasteiger partial charge in [0.2, 0.25) is 5.95 Å². The molecule has 1 aliphatic rings. The first-order chi connectivity index (χ1) is 14.8. The highest BCUT2D eigenvalue weighted by atomic mass is 16.2. The van der Waals surface area contributed by atoms with Crippen LogP contribution in [0.5, 0.6) is 0 Å². The van der Waals surface area contributed by atoms with E-state index in [4.69, 9.17) is 0 Å². The predicted molar refractivity (Wildman–Crippen MR) is 111 cm³/mol. The van der Waals surface area contributed by atoms with Crippen LogP contribution in [0.15, 0.2) is 67.1 Å². The molecule has 5 rings (SSSR count). The molecule has 0 spiro atoms. The van der Waals surface area contributed by atoms with E-state index in [2.05, 4.69) is 43.8 Å². The topological polar surface area (TPSA) is 90.5 Å². The number of anilines is 1. The van der Waals surface area contributed by atoms with Crippen LogP contribution in [0.3, 0.4) is 0 Å². The van der Waals surface area contributed by atoms with E-state index in [0.29, 0.717) is 11.6 Å². The zero-order valence-electron chi connectivity index (χ0n) is 16.3. The Morgan fingerprint density at radius 1 is 1.13 bits per heavy atom. The SMILES string of the molecule is O=C(Nc1nc2n(n1)CCCC2c1cnn(Cc2ccccc2)c1)c1ccccn1. The monoisotopic (exact) mass is 399 g/mol. The number of amides is 1. The van der Waals surface area contributed by atoms with Crippen LogP contribution in [-0.2, 0) is 13.1 Å². The second-order valence-electron chi connectivity index (χ2n) is 7.34. The molecule has 30 heavy (non-hydrogen) atoms. The predicted octanol–water partition coefficient (Wildman–Crippen LogP) is 3.10. The Morgan fingerprint density at radius 2 is 2.00 bits per heavy atom. The van der Waals surface area contributed by atoms with E-state index in [-0.39, 0.29) is 11.8 Å². The summed E-state index contributed by atoms with van der Waals surface area (Å²) < 4.78 is 3.83. The number of nitrogens with one attached hydrogen (secondary N) is 1. The normalized spacial score (nSPS) is 15.5. The Kier molecular flexibility index (Phi) is 4.80. The Hall–Kier alpha value is -3.81. The van der Waals surface area contributed by atoms with Crippen LogP contribution >= 0.6 is 0 Å². The first kappa shape index (κ1) is 18.2. The van der Waals surface area contributed by atoms with E-state index in [1.165, 1.54) is 5.56 Å². The molecule has 4 aromatic rings. The van der Waals surface area contributed by atoms with Crippen LogP contribution in [0, 0.1) is 0 Å². The number of hydrogen-bond donors (Lipinski definition) is 1. The van der Waals surface area contributed by atoms with E-state index < -0.39 is 0 Å². The van der Waals surface area contributed by atoms with E-state index in [1.54, 1.807) is 24.4 Å². The Balaban J connectivity index is 1.35. The fraction of sp³-hybridized carbons (Fsp3) is 0.227. The first-order valence-electron chi connectivity index (χ1n) is 10.00. The maximum atomic E-state index is 12.4. The summed E-state index contributed by atoms with van der Waals surface area (Å²) in [5, 5.41) is 11.8. The number of carbonyl (C=O) groups excluding carboxylic acids is 1. The minimum absolute atomic E-state index is 0.108. The molecule has 1 aromatic carbocycles. The van der Waals surface area contributed by atoms with Gasteiger partial charge < -0.3 is 0 Å². The molecule has 0 bridgehead atoms. The van der Waals surface area contributed by atoms with Gasteiger partial charge in [-0.15, -0.1) is 5.10 Å². The maximum Gasteiger partial charge on any atom is 0.276 e. The summed E-state index contributed by atoms with van der Waals surface area (Å²) in [5.74, 6) is 0.961. The third-order valence-electron chi connectivity index (χ3n) is 5.24. The summed E-state index contributed by atoms with van der Waals surface area (Å²) in [4.78, 5) is 21.1. The molecule has 0 aliphatic carbocycles. The fourth-order valence-corrected chi connectivity index (χ4v) is 3.80. The maximum absolute atomic E-state index is 12.4. The minimum atomic E-state index is -0.314. The lowest BCUT2D eigenvalue weighted by Gasteiger charge is -2.20. The van der Waals surface area contributed by atoms with Crippen molar-refractivity contribution in [1.29, 1.82) is 0 Å². The van der Waals surface area contributed by atoms with Crippen LogP contribution in [0.4, 0.5) is 5.95 Å². The van der Waals surface area contributed by atoms with Crippen LogP contribution < -0.4 is 5.32 Å². The Morgan fingerprint density at radius 3 is 2.83 bits per heavy atom. The van der Waals surface area contributed by atoms with Gasteiger partial charge in [0.05, 0.1) is 12.7 Å². The first-order valence-corrected chi connectivity index (χ1v) is 10.00. The number of aryl methyl sites for hydroxylation is 1. The van der Waals surface area contributed by atoms with Crippen LogP contribution in [0.1, 0.15) is 46.2 Å². The summed E-state index contributed by atoms with van der Waals surface area (Å²) >= 11 is 0. The van der Waals surface area contributed by atoms with Crippen molar-refractivity contribution in [2.75, 3.05) is 5.32 Å². The molecule has 1 amide bonds. The van der Waals surface area contributed by atoms with E-state index in [9.17, 15) is 4.79 Å². The molecule has 150 valence electrons. The van der Waals surface area contributed by atoms with Gasteiger partial charge in [0.25, 0.3) is 5.91 Å². The van der Waals surface area contributed by atoms with Gasteiger partial charge in [-0.05, 0) is 30.5 Å². The zero-order valence-corrected chi connectivity index (χ0v) is 16.3. The quantitative estimate of drug-likeness (QED) is 0.557. The van der Waals surface area contributed by atoms with Crippen molar-refractivity contribution in [3.8, 4) is 0 Å². The van der Waals surface area contributed by atoms with Crippen LogP contribution in [0.25, 0.3) is 0 Å². The van der Waals surface area contributed by atoms with Crippen molar-refractivity contribution in [2.24, 2.45) is 0 Å². The number of nitrogens with zero attached hydrogens (tertiary/aromatic N) is 6. The van der Waals surface area contributed by atoms with Crippen molar-refractivity contribution in [1.82, 2.24) is 29.5 Å². The number of benzene rings is 1. The largest absolute Gasteiger partial charge is 0.288 e. The molecule has 8 heteroatoms. The third-order valence-corrected chi connectivity index (χ3v) is 5.24. The van der Waals surface area contributed by atoms with Gasteiger partial charge in [0.15, 0.2) is 0 Å². The molecule has 1 N–H and O–H groups in total. The van der Waals surface area contributed by atoms with Crippen LogP contribution in [0.2, 0.25) is 0 Å². The number of hydrogen-bond acceptors (Lipinski definition) is 5. The smallest absolute Gasteiger partial charge is 0.276 e. The second kappa shape index (κ2) is 7.90. The summed E-state index contributed by atoms with van der Waals surface area (Å²) in [6.07, 6.45) is 7.55. The Bertz CT molecular complexity index is 1150. The molecular weight excluding hydrogens is 378 g/mol. The highest BCUT2D eigenvalue weighted by molar-refractivity contribution is 6.01. The van der Waals surface area contributed by atoms with E-state index in [1.807, 2.05) is 33.8 Å². The van der Waals surface area contributed by atoms with Gasteiger partial charge in [-0.3, -0.25) is 19.8 Å². The molecule has 0 saturated heterocycles. The lowest BCUT2D eigenvalue weighted by molar-refractivity contribution is 0.102. The van der Waals surface area contributed by atoms with Gasteiger partial charge in [-0.25, -0.2) is 4.68 Å². The summed E-state index contributed by atoms with van der Waals surface area (Å²) in [5.41, 5.74) is 2.66. The second-order valence-corrected chi connectivity index (χ2v) is 7.34. The molecule has 8 nitrogen and oxygen atoms in total. The lowest BCUT2D eigenvalue weighted by Crippen LogP contribution is -2.17. The van der Waals surface area contributed by atoms with Crippen molar-refractivity contribution in [2.45, 2.75) is 31.8 Å². The molecule has 1 atom stereocenters. The summed E-state index contributed by atoms with van der Waals surface area (Å²) in [6, 6.07) is 15.5. The van der Waals surface area contributed by atoms with Gasteiger partial charge in [-0.2, -0.15) is 10.1 Å². The average Bonchev–Trinajstić information content (AvgIpc) is 3.41. The number of carbonyl (C=O) groups is 1. The number of aromatic nitrogens is 6. The average molecular weight is 399 g/mol. The van der Waals surface area contributed by atoms with Crippen molar-refractivity contribution >= 4 is 11.9 Å². The molecule has 0 radical (unpaired) electrons. The minimum Gasteiger partial charge on any atom is -0.288 e. The fourth-order valence-electron chi connectivity index (χ4n) is 3.80. The molecule has 0 saturated carbocycles. The van der Waals surface area contributed by atoms with Gasteiger partial charge in [0, 0.05) is 30.4 Å². The lowest BCUT2D eigenvalue weighted by atomic mass is 9.94. The Labute approximate surface area is 173 Å². The zero-order chi connectivity index (χ0) is 20.3. The molecule has 4 heterocycles. The molecule has 3 aromatic heterocycles. The van der Waals surface area contributed by atoms with Crippen molar-refractivity contribution in [3.05, 3.63) is 89.8 Å². The molecule has 0 fully saturated rings. The molecule has 1 aliphatic heterocycles. The van der Waals surface area contributed by atoms with Crippen molar-refractivity contribution < 1.29 is 4.79 Å². The van der Waals surface area contributed by atoms with Crippen molar-refractivity contribution in [3.63, 3.8) is 0 Å².